The fourth-order valence-electron chi connectivity index (χ4n) is 0.907. The van der Waals surface area contributed by atoms with Crippen LogP contribution in [-0.4, -0.2) is 38.0 Å². The summed E-state index contributed by atoms with van der Waals surface area (Å²) in [6, 6.07) is 0. The smallest absolute Gasteiger partial charge is 0.224 e. The van der Waals surface area contributed by atoms with Gasteiger partial charge in [-0.05, 0) is 26.7 Å². The number of alkyl halides is 4. The Labute approximate surface area is 72.2 Å². The molecule has 0 aliphatic carbocycles. The molecule has 0 aromatic rings. The van der Waals surface area contributed by atoms with Crippen LogP contribution in [0.2, 0.25) is 0 Å². The quantitative estimate of drug-likeness (QED) is 0.494. The van der Waals surface area contributed by atoms with E-state index in [-0.39, 0.29) is 0 Å². The highest BCUT2D eigenvalue weighted by Gasteiger charge is 2.59. The Morgan fingerprint density at radius 1 is 0.750 bits per heavy atom. The van der Waals surface area contributed by atoms with E-state index in [2.05, 4.69) is 0 Å². The maximum atomic E-state index is 13.5. The Morgan fingerprint density at radius 2 is 1.00 bits per heavy atom. The van der Waals surface area contributed by atoms with Crippen molar-refractivity contribution in [3.63, 3.8) is 0 Å². The van der Waals surface area contributed by atoms with Crippen molar-refractivity contribution in [2.45, 2.75) is 11.3 Å². The van der Waals surface area contributed by atoms with E-state index in [1.54, 1.807) is 0 Å². The molecule has 12 heavy (non-hydrogen) atoms. The molecule has 0 saturated heterocycles. The highest BCUT2D eigenvalue weighted by molar-refractivity contribution is 7.75. The summed E-state index contributed by atoms with van der Waals surface area (Å²) in [6.45, 7) is 5.30. The summed E-state index contributed by atoms with van der Waals surface area (Å²) in [6.07, 6.45) is -4.71. The van der Waals surface area contributed by atoms with E-state index in [0.29, 0.717) is 0 Å². The highest BCUT2D eigenvalue weighted by Crippen LogP contribution is 2.68. The SMILES string of the molecule is CP(C)C(F)(P(C)C)C(F)(F)F. The maximum absolute atomic E-state index is 13.5. The van der Waals surface area contributed by atoms with Gasteiger partial charge in [0.1, 0.15) is 0 Å². The van der Waals surface area contributed by atoms with Crippen LogP contribution in [0.15, 0.2) is 0 Å². The predicted octanol–water partition coefficient (Wildman–Crippen LogP) is 3.66. The normalized spacial score (nSPS) is 14.5. The van der Waals surface area contributed by atoms with Crippen molar-refractivity contribution in [1.29, 1.82) is 0 Å². The van der Waals surface area contributed by atoms with Crippen LogP contribution in [0.25, 0.3) is 0 Å². The van der Waals surface area contributed by atoms with Crippen LogP contribution in [-0.2, 0) is 0 Å². The third-order valence-corrected chi connectivity index (χ3v) is 6.82. The number of hydrogen-bond acceptors (Lipinski definition) is 0. The lowest BCUT2D eigenvalue weighted by Gasteiger charge is -2.35. The molecule has 0 rings (SSSR count). The average molecular weight is 222 g/mol. The Balaban J connectivity index is 4.89. The van der Waals surface area contributed by atoms with Crippen molar-refractivity contribution in [3.8, 4) is 0 Å². The second kappa shape index (κ2) is 3.75. The number of rotatable bonds is 2. The molecule has 0 amide bonds. The minimum Gasteiger partial charge on any atom is -0.224 e. The van der Waals surface area contributed by atoms with Gasteiger partial charge in [0.05, 0.1) is 0 Å². The molecule has 0 spiro atoms. The minimum atomic E-state index is -4.71. The largest absolute Gasteiger partial charge is 0.430 e. The lowest BCUT2D eigenvalue weighted by Crippen LogP contribution is -2.36. The molecule has 0 aliphatic heterocycles. The van der Waals surface area contributed by atoms with Gasteiger partial charge in [-0.2, -0.15) is 13.2 Å². The van der Waals surface area contributed by atoms with Gasteiger partial charge in [-0.1, -0.05) is 15.8 Å². The van der Waals surface area contributed by atoms with Crippen molar-refractivity contribution in [2.24, 2.45) is 0 Å². The Morgan fingerprint density at radius 3 is 1.00 bits per heavy atom. The third kappa shape index (κ3) is 2.09. The van der Waals surface area contributed by atoms with Gasteiger partial charge in [0.25, 0.3) is 0 Å². The predicted molar refractivity (Wildman–Crippen MR) is 47.4 cm³/mol. The standard InChI is InChI=1S/C6H12F4P2/c1-11(2)6(10,12(3)4)5(7,8)9/h1-4H3. The molecule has 0 N–H and O–H groups in total. The summed E-state index contributed by atoms with van der Waals surface area (Å²) in [5.41, 5.74) is 0. The lowest BCUT2D eigenvalue weighted by atomic mass is 10.7. The first kappa shape index (κ1) is 12.6. The average Bonchev–Trinajstić information content (AvgIpc) is 1.82. The fraction of sp³-hybridized carbons (Fsp3) is 1.00. The number of halogens is 4. The van der Waals surface area contributed by atoms with E-state index < -0.39 is 27.2 Å². The lowest BCUT2D eigenvalue weighted by molar-refractivity contribution is -0.168. The summed E-state index contributed by atoms with van der Waals surface area (Å²) >= 11 is 0. The fourth-order valence-corrected chi connectivity index (χ4v) is 5.12. The second-order valence-electron chi connectivity index (χ2n) is 2.87. The second-order valence-corrected chi connectivity index (χ2v) is 8.04. The highest BCUT2D eigenvalue weighted by atomic mass is 31.2. The van der Waals surface area contributed by atoms with Gasteiger partial charge < -0.3 is 0 Å². The van der Waals surface area contributed by atoms with Gasteiger partial charge in [0.2, 0.25) is 5.15 Å². The van der Waals surface area contributed by atoms with Gasteiger partial charge in [-0.3, -0.25) is 0 Å². The van der Waals surface area contributed by atoms with Gasteiger partial charge >= 0.3 is 6.18 Å². The van der Waals surface area contributed by atoms with Crippen LogP contribution in [0.3, 0.4) is 0 Å². The Bertz CT molecular complexity index is 144. The molecule has 0 radical (unpaired) electrons. The first-order valence-electron chi connectivity index (χ1n) is 3.24. The van der Waals surface area contributed by atoms with E-state index in [0.717, 1.165) is 0 Å². The zero-order chi connectivity index (χ0) is 10.2. The van der Waals surface area contributed by atoms with E-state index in [1.165, 1.54) is 26.7 Å². The summed E-state index contributed by atoms with van der Waals surface area (Å²) in [5, 5.41) is -2.93. The van der Waals surface area contributed by atoms with E-state index in [1.807, 2.05) is 0 Å². The topological polar surface area (TPSA) is 0 Å². The Hall–Kier alpha value is 0.580. The number of hydrogen-bond donors (Lipinski definition) is 0. The van der Waals surface area contributed by atoms with E-state index in [4.69, 9.17) is 0 Å². The maximum Gasteiger partial charge on any atom is 0.430 e. The molecular weight excluding hydrogens is 210 g/mol. The van der Waals surface area contributed by atoms with Crippen LogP contribution in [0.1, 0.15) is 0 Å². The molecule has 0 aliphatic rings. The summed E-state index contributed by atoms with van der Waals surface area (Å²) in [5.74, 6) is 0. The molecule has 0 atom stereocenters. The van der Waals surface area contributed by atoms with Crippen LogP contribution >= 0.6 is 15.8 Å². The Kier molecular flexibility index (Phi) is 3.94. The molecule has 0 saturated carbocycles. The van der Waals surface area contributed by atoms with Gasteiger partial charge in [-0.25, -0.2) is 4.39 Å². The van der Waals surface area contributed by atoms with Gasteiger partial charge in [0, 0.05) is 0 Å². The van der Waals surface area contributed by atoms with Crippen LogP contribution < -0.4 is 0 Å². The molecule has 0 aromatic carbocycles. The van der Waals surface area contributed by atoms with Crippen molar-refractivity contribution in [1.82, 2.24) is 0 Å². The van der Waals surface area contributed by atoms with E-state index in [9.17, 15) is 17.6 Å². The molecule has 0 fully saturated rings. The molecular formula is C6H12F4P2. The van der Waals surface area contributed by atoms with Crippen LogP contribution in [0.5, 0.6) is 0 Å². The van der Waals surface area contributed by atoms with Crippen molar-refractivity contribution in [3.05, 3.63) is 0 Å². The molecule has 74 valence electrons. The molecule has 0 bridgehead atoms. The van der Waals surface area contributed by atoms with E-state index >= 15 is 0 Å². The monoisotopic (exact) mass is 222 g/mol. The summed E-state index contributed by atoms with van der Waals surface area (Å²) < 4.78 is 50.3. The molecule has 6 heteroatoms. The zero-order valence-electron chi connectivity index (χ0n) is 7.41. The molecule has 0 unspecified atom stereocenters. The van der Waals surface area contributed by atoms with Crippen LogP contribution in [0, 0.1) is 0 Å². The van der Waals surface area contributed by atoms with Crippen molar-refractivity contribution >= 4 is 15.8 Å². The summed E-state index contributed by atoms with van der Waals surface area (Å²) in [7, 11) is -3.27. The zero-order valence-corrected chi connectivity index (χ0v) is 9.20. The summed E-state index contributed by atoms with van der Waals surface area (Å²) in [4.78, 5) is 0. The first-order valence-corrected chi connectivity index (χ1v) is 7.71. The minimum absolute atomic E-state index is 1.32. The van der Waals surface area contributed by atoms with Gasteiger partial charge in [0.15, 0.2) is 0 Å². The van der Waals surface area contributed by atoms with Crippen molar-refractivity contribution in [2.75, 3.05) is 26.7 Å². The first-order chi connectivity index (χ1) is 5.14. The van der Waals surface area contributed by atoms with Gasteiger partial charge in [-0.15, -0.1) is 0 Å². The molecule has 0 nitrogen and oxygen atoms in total. The van der Waals surface area contributed by atoms with Crippen molar-refractivity contribution < 1.29 is 17.6 Å². The van der Waals surface area contributed by atoms with Crippen LogP contribution in [0.4, 0.5) is 17.6 Å². The third-order valence-electron chi connectivity index (χ3n) is 1.55. The molecule has 0 aromatic heterocycles. The molecule has 0 heterocycles.